The summed E-state index contributed by atoms with van der Waals surface area (Å²) in [6, 6.07) is 14.1. The second-order valence-corrected chi connectivity index (χ2v) is 9.40. The Labute approximate surface area is 236 Å². The van der Waals surface area contributed by atoms with Crippen LogP contribution in [-0.4, -0.2) is 47.2 Å². The Morgan fingerprint density at radius 1 is 1.07 bits per heavy atom. The summed E-state index contributed by atoms with van der Waals surface area (Å²) in [6.07, 6.45) is 3.11. The summed E-state index contributed by atoms with van der Waals surface area (Å²) < 4.78 is 40.9. The lowest BCUT2D eigenvalue weighted by molar-refractivity contribution is 0.0939. The van der Waals surface area contributed by atoms with E-state index in [9.17, 15) is 18.4 Å². The number of nitrogens with zero attached hydrogens (tertiary/aromatic N) is 3. The number of amides is 2. The second kappa shape index (κ2) is 13.5. The Morgan fingerprint density at radius 2 is 1.80 bits per heavy atom. The molecular formula is C30H31F2N5O4. The summed E-state index contributed by atoms with van der Waals surface area (Å²) in [5.74, 6) is -1.58. The molecule has 2 heterocycles. The number of nitrogens with one attached hydrogen (secondary N) is 2. The van der Waals surface area contributed by atoms with Gasteiger partial charge in [-0.05, 0) is 43.2 Å². The van der Waals surface area contributed by atoms with Crippen LogP contribution in [0.3, 0.4) is 0 Å². The van der Waals surface area contributed by atoms with Crippen molar-refractivity contribution >= 4 is 23.9 Å². The highest BCUT2D eigenvalue weighted by molar-refractivity contribution is 5.95. The van der Waals surface area contributed by atoms with Crippen molar-refractivity contribution in [2.24, 2.45) is 4.99 Å². The summed E-state index contributed by atoms with van der Waals surface area (Å²) in [4.78, 5) is 34.2. The Balaban J connectivity index is 1.46. The van der Waals surface area contributed by atoms with E-state index in [0.29, 0.717) is 17.8 Å². The molecule has 4 aromatic rings. The number of pyridine rings is 1. The highest BCUT2D eigenvalue weighted by Crippen LogP contribution is 2.26. The van der Waals surface area contributed by atoms with Crippen LogP contribution in [0, 0.1) is 25.5 Å². The highest BCUT2D eigenvalue weighted by Gasteiger charge is 2.22. The van der Waals surface area contributed by atoms with Gasteiger partial charge < -0.3 is 25.1 Å². The summed E-state index contributed by atoms with van der Waals surface area (Å²) >= 11 is 0. The zero-order valence-electron chi connectivity index (χ0n) is 23.0. The Kier molecular flexibility index (Phi) is 9.62. The van der Waals surface area contributed by atoms with Crippen LogP contribution in [0.4, 0.5) is 13.6 Å². The van der Waals surface area contributed by atoms with Crippen molar-refractivity contribution in [1.29, 1.82) is 0 Å². The number of aromatic nitrogens is 2. The van der Waals surface area contributed by atoms with Crippen LogP contribution in [0.15, 0.2) is 65.8 Å². The number of hydrogen-bond acceptors (Lipinski definition) is 6. The first-order valence-electron chi connectivity index (χ1n) is 13.0. The number of aryl methyl sites for hydroxylation is 2. The zero-order chi connectivity index (χ0) is 29.4. The van der Waals surface area contributed by atoms with Gasteiger partial charge in [-0.25, -0.2) is 18.6 Å². The number of carbonyl (C=O) groups excluding carboxylic acids is 2. The number of rotatable bonds is 11. The summed E-state index contributed by atoms with van der Waals surface area (Å²) in [5.41, 5.74) is 2.41. The molecule has 0 bridgehead atoms. The molecule has 1 atom stereocenters. The van der Waals surface area contributed by atoms with Crippen molar-refractivity contribution in [2.45, 2.75) is 39.5 Å². The van der Waals surface area contributed by atoms with Crippen molar-refractivity contribution < 1.29 is 27.8 Å². The van der Waals surface area contributed by atoms with Crippen molar-refractivity contribution in [1.82, 2.24) is 20.0 Å². The molecule has 1 unspecified atom stereocenters. The van der Waals surface area contributed by atoms with Crippen molar-refractivity contribution in [3.63, 3.8) is 0 Å². The summed E-state index contributed by atoms with van der Waals surface area (Å²) in [6.45, 7) is 3.34. The van der Waals surface area contributed by atoms with E-state index in [1.807, 2.05) is 30.3 Å². The van der Waals surface area contributed by atoms with Crippen LogP contribution in [0.25, 0.3) is 5.65 Å². The van der Waals surface area contributed by atoms with E-state index in [2.05, 4.69) is 20.6 Å². The van der Waals surface area contributed by atoms with Gasteiger partial charge in [0.1, 0.15) is 30.5 Å². The van der Waals surface area contributed by atoms with Gasteiger partial charge in [-0.15, -0.1) is 0 Å². The molecule has 4 rings (SSSR count). The normalized spacial score (nSPS) is 11.9. The van der Waals surface area contributed by atoms with E-state index >= 15 is 0 Å². The number of imidazole rings is 1. The van der Waals surface area contributed by atoms with Crippen LogP contribution >= 0.6 is 0 Å². The Morgan fingerprint density at radius 3 is 2.51 bits per heavy atom. The lowest BCUT2D eigenvalue weighted by atomic mass is 10.2. The average molecular weight is 564 g/mol. The van der Waals surface area contributed by atoms with Gasteiger partial charge in [-0.1, -0.05) is 36.4 Å². The highest BCUT2D eigenvalue weighted by atomic mass is 19.1. The largest absolute Gasteiger partial charge is 0.485 e. The lowest BCUT2D eigenvalue weighted by Crippen LogP contribution is -2.44. The van der Waals surface area contributed by atoms with Gasteiger partial charge in [-0.3, -0.25) is 9.20 Å². The monoisotopic (exact) mass is 563 g/mol. The van der Waals surface area contributed by atoms with Gasteiger partial charge in [0.25, 0.3) is 5.91 Å². The van der Waals surface area contributed by atoms with E-state index in [1.54, 1.807) is 43.8 Å². The number of aliphatic imine (C=N–C) groups is 1. The SMILES string of the molecule is CN=CCC(CNC(=O)c1c(C)nc2c(OCc3c(F)cccc3F)cc(C)cn12)NC(=O)OCc1ccccc1. The molecule has 0 aliphatic carbocycles. The molecule has 0 fully saturated rings. The number of benzene rings is 2. The smallest absolute Gasteiger partial charge is 0.407 e. The standard InChI is InChI=1S/C30H31F2N5O4/c1-19-14-26(40-18-23-24(31)10-7-11-25(23)32)28-35-20(2)27(37(28)16-19)29(38)34-15-22(12-13-33-3)36-30(39)41-17-21-8-5-4-6-9-21/h4-11,13-14,16,22H,12,15,17-18H2,1-3H3,(H,34,38)(H,36,39). The predicted octanol–water partition coefficient (Wildman–Crippen LogP) is 4.92. The van der Waals surface area contributed by atoms with E-state index in [-0.39, 0.29) is 36.8 Å². The molecule has 0 aliphatic rings. The third-order valence-corrected chi connectivity index (χ3v) is 6.26. The van der Waals surface area contributed by atoms with E-state index in [1.165, 1.54) is 6.07 Å². The van der Waals surface area contributed by atoms with Gasteiger partial charge in [0.15, 0.2) is 11.4 Å². The molecule has 214 valence electrons. The first-order chi connectivity index (χ1) is 19.8. The molecule has 0 radical (unpaired) electrons. The number of alkyl carbamates (subject to hydrolysis) is 1. The summed E-state index contributed by atoms with van der Waals surface area (Å²) in [5, 5.41) is 5.61. The van der Waals surface area contributed by atoms with Crippen LogP contribution in [0.1, 0.15) is 39.3 Å². The van der Waals surface area contributed by atoms with Gasteiger partial charge in [0.05, 0.1) is 17.3 Å². The fourth-order valence-electron chi connectivity index (χ4n) is 4.21. The summed E-state index contributed by atoms with van der Waals surface area (Å²) in [7, 11) is 1.62. The molecule has 9 nitrogen and oxygen atoms in total. The first-order valence-corrected chi connectivity index (χ1v) is 13.0. The second-order valence-electron chi connectivity index (χ2n) is 9.40. The van der Waals surface area contributed by atoms with Crippen molar-refractivity contribution in [3.05, 3.63) is 101 Å². The minimum atomic E-state index is -0.714. The minimum absolute atomic E-state index is 0.0969. The Bertz CT molecular complexity index is 1540. The predicted molar refractivity (Wildman–Crippen MR) is 150 cm³/mol. The topological polar surface area (TPSA) is 106 Å². The molecule has 2 amide bonds. The quantitative estimate of drug-likeness (QED) is 0.252. The van der Waals surface area contributed by atoms with E-state index in [4.69, 9.17) is 9.47 Å². The van der Waals surface area contributed by atoms with Gasteiger partial charge in [-0.2, -0.15) is 0 Å². The molecule has 2 aromatic carbocycles. The molecule has 2 N–H and O–H groups in total. The number of halogens is 2. The molecule has 0 saturated carbocycles. The van der Waals surface area contributed by atoms with Gasteiger partial charge in [0.2, 0.25) is 0 Å². The van der Waals surface area contributed by atoms with Crippen molar-refractivity contribution in [3.8, 4) is 5.75 Å². The third-order valence-electron chi connectivity index (χ3n) is 6.26. The molecule has 0 spiro atoms. The number of hydrogen-bond donors (Lipinski definition) is 2. The first kappa shape index (κ1) is 29.2. The lowest BCUT2D eigenvalue weighted by Gasteiger charge is -2.18. The van der Waals surface area contributed by atoms with Gasteiger partial charge in [0, 0.05) is 32.4 Å². The number of carbonyl (C=O) groups is 2. The van der Waals surface area contributed by atoms with Crippen molar-refractivity contribution in [2.75, 3.05) is 13.6 Å². The molecular weight excluding hydrogens is 532 g/mol. The fraction of sp³-hybridized carbons (Fsp3) is 0.267. The van der Waals surface area contributed by atoms with Crippen LogP contribution in [0.2, 0.25) is 0 Å². The van der Waals surface area contributed by atoms with Gasteiger partial charge >= 0.3 is 6.09 Å². The third kappa shape index (κ3) is 7.44. The average Bonchev–Trinajstić information content (AvgIpc) is 3.29. The fourth-order valence-corrected chi connectivity index (χ4v) is 4.21. The molecule has 11 heteroatoms. The van der Waals surface area contributed by atoms with E-state index in [0.717, 1.165) is 23.3 Å². The maximum absolute atomic E-state index is 14.1. The van der Waals surface area contributed by atoms with Crippen LogP contribution in [-0.2, 0) is 18.0 Å². The van der Waals surface area contributed by atoms with E-state index < -0.39 is 29.7 Å². The number of ether oxygens (including phenoxy) is 2. The molecule has 41 heavy (non-hydrogen) atoms. The number of fused-ring (bicyclic) bond motifs is 1. The molecule has 0 saturated heterocycles. The molecule has 0 aliphatic heterocycles. The molecule has 2 aromatic heterocycles. The zero-order valence-corrected chi connectivity index (χ0v) is 23.0. The minimum Gasteiger partial charge on any atom is -0.485 e. The van der Waals surface area contributed by atoms with Crippen LogP contribution in [0.5, 0.6) is 5.75 Å². The van der Waals surface area contributed by atoms with Crippen LogP contribution < -0.4 is 15.4 Å². The Hall–Kier alpha value is -4.80. The maximum Gasteiger partial charge on any atom is 0.407 e. The maximum atomic E-state index is 14.1.